The molecule has 2 fully saturated rings. The summed E-state index contributed by atoms with van der Waals surface area (Å²) in [7, 11) is 0. The Morgan fingerprint density at radius 1 is 1.23 bits per heavy atom. The van der Waals surface area contributed by atoms with E-state index in [0.29, 0.717) is 24.4 Å². The highest BCUT2D eigenvalue weighted by molar-refractivity contribution is 5.94. The molecule has 0 aliphatic carbocycles. The van der Waals surface area contributed by atoms with Crippen molar-refractivity contribution in [3.05, 3.63) is 77.1 Å². The van der Waals surface area contributed by atoms with Gasteiger partial charge in [-0.2, -0.15) is 0 Å². The number of hydrogen-bond acceptors (Lipinski definition) is 3. The number of likely N-dealkylation sites (tertiary alicyclic amines) is 1. The van der Waals surface area contributed by atoms with Gasteiger partial charge in [0.25, 0.3) is 0 Å². The van der Waals surface area contributed by atoms with Gasteiger partial charge in [0.15, 0.2) is 0 Å². The van der Waals surface area contributed by atoms with Gasteiger partial charge in [-0.3, -0.25) is 9.69 Å². The monoisotopic (exact) mass is 546 g/mol. The van der Waals surface area contributed by atoms with Gasteiger partial charge < -0.3 is 9.64 Å². The lowest BCUT2D eigenvalue weighted by Crippen LogP contribution is -2.43. The molecule has 0 spiro atoms. The Morgan fingerprint density at radius 3 is 2.75 bits per heavy atom. The SMILES string of the molecule is C/C=C\C=C(\CCC1CC(C/C=C2/CCO/C2=C/CC)CN1CC(=O)N(CCCC)c1cccc(C)c1)C(C)C. The number of allylic oxidation sites excluding steroid dienone is 7. The van der Waals surface area contributed by atoms with Crippen molar-refractivity contribution in [1.82, 2.24) is 4.90 Å². The first-order valence-electron chi connectivity index (χ1n) is 15.8. The van der Waals surface area contributed by atoms with Gasteiger partial charge >= 0.3 is 0 Å². The molecule has 0 saturated carbocycles. The van der Waals surface area contributed by atoms with Crippen molar-refractivity contribution < 1.29 is 9.53 Å². The third-order valence-corrected chi connectivity index (χ3v) is 8.35. The highest BCUT2D eigenvalue weighted by Crippen LogP contribution is 2.33. The van der Waals surface area contributed by atoms with Crippen LogP contribution in [0.1, 0.15) is 91.5 Å². The topological polar surface area (TPSA) is 32.8 Å². The van der Waals surface area contributed by atoms with Crippen LogP contribution in [0, 0.1) is 18.8 Å². The molecule has 1 aromatic carbocycles. The largest absolute Gasteiger partial charge is 0.493 e. The fourth-order valence-electron chi connectivity index (χ4n) is 6.01. The number of carbonyl (C=O) groups is 1. The van der Waals surface area contributed by atoms with Gasteiger partial charge in [0.1, 0.15) is 5.76 Å². The first-order chi connectivity index (χ1) is 19.4. The van der Waals surface area contributed by atoms with E-state index in [1.807, 2.05) is 4.90 Å². The molecule has 2 saturated heterocycles. The van der Waals surface area contributed by atoms with E-state index >= 15 is 0 Å². The van der Waals surface area contributed by atoms with Gasteiger partial charge in [0, 0.05) is 31.2 Å². The fourth-order valence-corrected chi connectivity index (χ4v) is 6.01. The van der Waals surface area contributed by atoms with Crippen LogP contribution < -0.4 is 4.90 Å². The van der Waals surface area contributed by atoms with E-state index < -0.39 is 0 Å². The van der Waals surface area contributed by atoms with Crippen molar-refractivity contribution in [2.75, 3.05) is 31.1 Å². The van der Waals surface area contributed by atoms with Crippen molar-refractivity contribution in [2.45, 2.75) is 99.0 Å². The summed E-state index contributed by atoms with van der Waals surface area (Å²) in [5.41, 5.74) is 5.09. The Kier molecular flexibility index (Phi) is 13.3. The molecule has 2 aliphatic rings. The van der Waals surface area contributed by atoms with Crippen molar-refractivity contribution in [3.63, 3.8) is 0 Å². The van der Waals surface area contributed by atoms with Gasteiger partial charge in [-0.1, -0.05) is 76.1 Å². The number of hydrogen-bond donors (Lipinski definition) is 0. The summed E-state index contributed by atoms with van der Waals surface area (Å²) in [6, 6.07) is 8.83. The average molecular weight is 547 g/mol. The van der Waals surface area contributed by atoms with E-state index in [9.17, 15) is 4.79 Å². The lowest BCUT2D eigenvalue weighted by atomic mass is 9.93. The van der Waals surface area contributed by atoms with Crippen LogP contribution in [0.4, 0.5) is 5.69 Å². The first-order valence-corrected chi connectivity index (χ1v) is 15.8. The van der Waals surface area contributed by atoms with E-state index in [1.54, 1.807) is 0 Å². The number of carbonyl (C=O) groups excluding carboxylic acids is 1. The standard InChI is InChI=1S/C36H54N2O2/c1-7-10-15-31(28(4)5)19-20-33-25-30(17-18-32-21-23-40-35(32)13-9-3)26-37(33)27-36(39)38(22-11-8-2)34-16-12-14-29(6)24-34/h7,10,12-16,18,24,28,30,33H,8-9,11,17,19-23,25-27H2,1-6H3/b10-7-,31-15-,32-18-,35-13+. The number of ether oxygens (including phenoxy) is 1. The van der Waals surface area contributed by atoms with Crippen LogP contribution in [-0.4, -0.2) is 43.1 Å². The Hall–Kier alpha value is -2.59. The number of nitrogens with zero attached hydrogens (tertiary/aromatic N) is 2. The van der Waals surface area contributed by atoms with Crippen molar-refractivity contribution >= 4 is 11.6 Å². The molecule has 0 bridgehead atoms. The molecule has 40 heavy (non-hydrogen) atoms. The van der Waals surface area contributed by atoms with Crippen molar-refractivity contribution in [3.8, 4) is 0 Å². The molecule has 3 rings (SSSR count). The molecule has 2 unspecified atom stereocenters. The molecule has 1 aromatic rings. The fraction of sp³-hybridized carbons (Fsp3) is 0.583. The number of unbranched alkanes of at least 4 members (excludes halogenated alkanes) is 1. The summed E-state index contributed by atoms with van der Waals surface area (Å²) < 4.78 is 5.86. The molecular weight excluding hydrogens is 492 g/mol. The summed E-state index contributed by atoms with van der Waals surface area (Å²) in [5, 5.41) is 0. The second-order valence-corrected chi connectivity index (χ2v) is 11.9. The quantitative estimate of drug-likeness (QED) is 0.219. The Morgan fingerprint density at radius 2 is 2.05 bits per heavy atom. The van der Waals surface area contributed by atoms with Crippen LogP contribution in [0.25, 0.3) is 0 Å². The van der Waals surface area contributed by atoms with Crippen LogP contribution in [0.15, 0.2) is 71.6 Å². The molecule has 4 heteroatoms. The minimum Gasteiger partial charge on any atom is -0.493 e. The summed E-state index contributed by atoms with van der Waals surface area (Å²) in [6.07, 6.45) is 19.7. The summed E-state index contributed by atoms with van der Waals surface area (Å²) in [6.45, 7) is 16.2. The zero-order valence-electron chi connectivity index (χ0n) is 26.1. The van der Waals surface area contributed by atoms with Crippen LogP contribution in [0.3, 0.4) is 0 Å². The number of anilines is 1. The molecule has 220 valence electrons. The Bertz CT molecular complexity index is 1060. The van der Waals surface area contributed by atoms with Gasteiger partial charge in [0.05, 0.1) is 13.2 Å². The number of rotatable bonds is 14. The maximum atomic E-state index is 13.9. The molecule has 0 radical (unpaired) electrons. The van der Waals surface area contributed by atoms with Crippen LogP contribution in [-0.2, 0) is 9.53 Å². The predicted molar refractivity (Wildman–Crippen MR) is 171 cm³/mol. The van der Waals surface area contributed by atoms with E-state index in [4.69, 9.17) is 4.74 Å². The lowest BCUT2D eigenvalue weighted by molar-refractivity contribution is -0.120. The third-order valence-electron chi connectivity index (χ3n) is 8.35. The lowest BCUT2D eigenvalue weighted by Gasteiger charge is -2.29. The van der Waals surface area contributed by atoms with Crippen LogP contribution >= 0.6 is 0 Å². The molecule has 4 nitrogen and oxygen atoms in total. The second kappa shape index (κ2) is 16.6. The van der Waals surface area contributed by atoms with Gasteiger partial charge in [0.2, 0.25) is 5.91 Å². The second-order valence-electron chi connectivity index (χ2n) is 11.9. The van der Waals surface area contributed by atoms with E-state index in [0.717, 1.165) is 82.5 Å². The zero-order valence-corrected chi connectivity index (χ0v) is 26.1. The number of amides is 1. The van der Waals surface area contributed by atoms with E-state index in [1.165, 1.54) is 16.7 Å². The Labute approximate surface area is 244 Å². The summed E-state index contributed by atoms with van der Waals surface area (Å²) in [4.78, 5) is 18.4. The van der Waals surface area contributed by atoms with Crippen molar-refractivity contribution in [2.24, 2.45) is 11.8 Å². The van der Waals surface area contributed by atoms with Crippen molar-refractivity contribution in [1.29, 1.82) is 0 Å². The molecule has 2 aliphatic heterocycles. The maximum absolute atomic E-state index is 13.9. The van der Waals surface area contributed by atoms with Gasteiger partial charge in [-0.15, -0.1) is 0 Å². The minimum atomic E-state index is 0.231. The average Bonchev–Trinajstić information content (AvgIpc) is 3.54. The highest BCUT2D eigenvalue weighted by Gasteiger charge is 2.34. The van der Waals surface area contributed by atoms with Gasteiger partial charge in [-0.25, -0.2) is 0 Å². The molecule has 1 amide bonds. The Balaban J connectivity index is 1.77. The predicted octanol–water partition coefficient (Wildman–Crippen LogP) is 8.79. The molecule has 0 aromatic heterocycles. The zero-order chi connectivity index (χ0) is 28.9. The number of aryl methyl sites for hydroxylation is 1. The van der Waals surface area contributed by atoms with Crippen LogP contribution in [0.5, 0.6) is 0 Å². The maximum Gasteiger partial charge on any atom is 0.241 e. The molecular formula is C36H54N2O2. The smallest absolute Gasteiger partial charge is 0.241 e. The molecule has 2 heterocycles. The third kappa shape index (κ3) is 9.51. The highest BCUT2D eigenvalue weighted by atomic mass is 16.5. The van der Waals surface area contributed by atoms with E-state index in [2.05, 4.69) is 101 Å². The molecule has 0 N–H and O–H groups in total. The first kappa shape index (κ1) is 31.9. The summed E-state index contributed by atoms with van der Waals surface area (Å²) in [5.74, 6) is 2.42. The minimum absolute atomic E-state index is 0.231. The molecule has 2 atom stereocenters. The van der Waals surface area contributed by atoms with Crippen LogP contribution in [0.2, 0.25) is 0 Å². The normalized spacial score (nSPS) is 22.2. The number of benzene rings is 1. The van der Waals surface area contributed by atoms with Gasteiger partial charge in [-0.05, 0) is 93.6 Å². The summed E-state index contributed by atoms with van der Waals surface area (Å²) >= 11 is 0. The van der Waals surface area contributed by atoms with E-state index in [-0.39, 0.29) is 5.91 Å².